The van der Waals surface area contributed by atoms with Crippen LogP contribution in [0.25, 0.3) is 0 Å². The number of piperazine rings is 1. The van der Waals surface area contributed by atoms with Crippen molar-refractivity contribution in [2.75, 3.05) is 31.1 Å². The smallest absolute Gasteiger partial charge is 0.147 e. The number of anilines is 1. The van der Waals surface area contributed by atoms with Gasteiger partial charge in [0.25, 0.3) is 0 Å². The highest BCUT2D eigenvalue weighted by Gasteiger charge is 2.29. The van der Waals surface area contributed by atoms with Crippen molar-refractivity contribution >= 4 is 17.3 Å². The third-order valence-electron chi connectivity index (χ3n) is 4.76. The quantitative estimate of drug-likeness (QED) is 0.863. The van der Waals surface area contributed by atoms with Crippen LogP contribution in [0, 0.1) is 6.92 Å². The van der Waals surface area contributed by atoms with Crippen molar-refractivity contribution in [1.82, 2.24) is 19.7 Å². The molecule has 23 heavy (non-hydrogen) atoms. The van der Waals surface area contributed by atoms with Crippen LogP contribution in [0.15, 0.2) is 24.3 Å². The molecule has 1 aliphatic heterocycles. The summed E-state index contributed by atoms with van der Waals surface area (Å²) < 4.78 is 2.34. The summed E-state index contributed by atoms with van der Waals surface area (Å²) >= 11 is 6.10. The first kappa shape index (κ1) is 15.0. The van der Waals surface area contributed by atoms with E-state index < -0.39 is 0 Å². The zero-order valence-electron chi connectivity index (χ0n) is 13.5. The van der Waals surface area contributed by atoms with E-state index in [-0.39, 0.29) is 0 Å². The normalized spacial score (nSPS) is 19.3. The van der Waals surface area contributed by atoms with E-state index in [1.165, 1.54) is 18.5 Å². The molecule has 1 aromatic heterocycles. The molecule has 1 saturated carbocycles. The van der Waals surface area contributed by atoms with Crippen molar-refractivity contribution in [1.29, 1.82) is 0 Å². The molecule has 2 aromatic rings. The van der Waals surface area contributed by atoms with Crippen LogP contribution < -0.4 is 4.90 Å². The topological polar surface area (TPSA) is 37.2 Å². The molecular weight excluding hydrogens is 310 g/mol. The van der Waals surface area contributed by atoms with Crippen molar-refractivity contribution in [3.05, 3.63) is 40.9 Å². The maximum Gasteiger partial charge on any atom is 0.147 e. The second kappa shape index (κ2) is 6.13. The van der Waals surface area contributed by atoms with E-state index in [2.05, 4.69) is 37.6 Å². The molecule has 0 N–H and O–H groups in total. The molecule has 1 saturated heterocycles. The van der Waals surface area contributed by atoms with Gasteiger partial charge in [0, 0.05) is 42.9 Å². The predicted octanol–water partition coefficient (Wildman–Crippen LogP) is 2.90. The molecular formula is C17H22ClN5. The van der Waals surface area contributed by atoms with E-state index in [4.69, 9.17) is 11.6 Å². The third-order valence-corrected chi connectivity index (χ3v) is 4.99. The zero-order chi connectivity index (χ0) is 15.8. The summed E-state index contributed by atoms with van der Waals surface area (Å²) in [6, 6.07) is 8.77. The lowest BCUT2D eigenvalue weighted by Gasteiger charge is -2.36. The average Bonchev–Trinajstić information content (AvgIpc) is 3.32. The van der Waals surface area contributed by atoms with Gasteiger partial charge in [-0.05, 0) is 38.0 Å². The van der Waals surface area contributed by atoms with Crippen LogP contribution in [0.1, 0.15) is 30.5 Å². The van der Waals surface area contributed by atoms with Gasteiger partial charge in [-0.1, -0.05) is 17.7 Å². The number of benzene rings is 1. The molecule has 4 rings (SSSR count). The second-order valence-corrected chi connectivity index (χ2v) is 6.94. The minimum absolute atomic E-state index is 0.646. The standard InChI is InChI=1S/C17H22ClN5/c1-13-19-20-17(23(13)15-5-6-15)12-21-7-9-22(10-8-21)16-4-2-3-14(18)11-16/h2-4,11,15H,5-10,12H2,1H3. The molecule has 0 spiro atoms. The third kappa shape index (κ3) is 3.21. The average molecular weight is 332 g/mol. The summed E-state index contributed by atoms with van der Waals surface area (Å²) in [6.45, 7) is 7.10. The largest absolute Gasteiger partial charge is 0.369 e. The molecule has 2 heterocycles. The summed E-state index contributed by atoms with van der Waals surface area (Å²) in [4.78, 5) is 4.88. The molecule has 122 valence electrons. The van der Waals surface area contributed by atoms with Crippen LogP contribution in [0.4, 0.5) is 5.69 Å². The molecule has 0 bridgehead atoms. The van der Waals surface area contributed by atoms with Gasteiger partial charge in [-0.15, -0.1) is 10.2 Å². The van der Waals surface area contributed by atoms with Gasteiger partial charge in [0.1, 0.15) is 11.6 Å². The first-order valence-corrected chi connectivity index (χ1v) is 8.72. The first-order valence-electron chi connectivity index (χ1n) is 8.34. The van der Waals surface area contributed by atoms with E-state index in [9.17, 15) is 0 Å². The number of halogens is 1. The minimum Gasteiger partial charge on any atom is -0.369 e. The zero-order valence-corrected chi connectivity index (χ0v) is 14.2. The Bertz CT molecular complexity index is 686. The Hall–Kier alpha value is -1.59. The number of rotatable bonds is 4. The van der Waals surface area contributed by atoms with Crippen LogP contribution in [-0.4, -0.2) is 45.8 Å². The van der Waals surface area contributed by atoms with Crippen LogP contribution in [-0.2, 0) is 6.54 Å². The minimum atomic E-state index is 0.646. The second-order valence-electron chi connectivity index (χ2n) is 6.51. The van der Waals surface area contributed by atoms with Crippen LogP contribution >= 0.6 is 11.6 Å². The Labute approximate surface area is 141 Å². The molecule has 6 heteroatoms. The monoisotopic (exact) mass is 331 g/mol. The lowest BCUT2D eigenvalue weighted by molar-refractivity contribution is 0.240. The van der Waals surface area contributed by atoms with E-state index in [0.29, 0.717) is 6.04 Å². The van der Waals surface area contributed by atoms with Crippen molar-refractivity contribution in [3.63, 3.8) is 0 Å². The lowest BCUT2D eigenvalue weighted by atomic mass is 10.2. The summed E-state index contributed by atoms with van der Waals surface area (Å²) in [7, 11) is 0. The van der Waals surface area contributed by atoms with Crippen molar-refractivity contribution in [2.45, 2.75) is 32.4 Å². The van der Waals surface area contributed by atoms with Crippen LogP contribution in [0.2, 0.25) is 5.02 Å². The van der Waals surface area contributed by atoms with Crippen LogP contribution in [0.3, 0.4) is 0 Å². The fraction of sp³-hybridized carbons (Fsp3) is 0.529. The molecule has 0 atom stereocenters. The molecule has 5 nitrogen and oxygen atoms in total. The van der Waals surface area contributed by atoms with Crippen molar-refractivity contribution < 1.29 is 0 Å². The Morgan fingerprint density at radius 1 is 1.13 bits per heavy atom. The molecule has 0 radical (unpaired) electrons. The molecule has 1 aromatic carbocycles. The number of nitrogens with zero attached hydrogens (tertiary/aromatic N) is 5. The molecule has 2 aliphatic rings. The number of hydrogen-bond acceptors (Lipinski definition) is 4. The number of aromatic nitrogens is 3. The van der Waals surface area contributed by atoms with E-state index in [0.717, 1.165) is 49.4 Å². The number of hydrogen-bond donors (Lipinski definition) is 0. The molecule has 0 amide bonds. The van der Waals surface area contributed by atoms with Gasteiger partial charge >= 0.3 is 0 Å². The first-order chi connectivity index (χ1) is 11.2. The van der Waals surface area contributed by atoms with E-state index in [1.54, 1.807) is 0 Å². The summed E-state index contributed by atoms with van der Waals surface area (Å²) in [5, 5.41) is 9.48. The van der Waals surface area contributed by atoms with Gasteiger partial charge in [-0.3, -0.25) is 4.90 Å². The van der Waals surface area contributed by atoms with E-state index in [1.807, 2.05) is 18.2 Å². The van der Waals surface area contributed by atoms with Gasteiger partial charge in [0.2, 0.25) is 0 Å². The molecule has 1 aliphatic carbocycles. The summed E-state index contributed by atoms with van der Waals surface area (Å²) in [5.74, 6) is 2.18. The summed E-state index contributed by atoms with van der Waals surface area (Å²) in [6.07, 6.45) is 2.54. The number of aryl methyl sites for hydroxylation is 1. The highest BCUT2D eigenvalue weighted by Crippen LogP contribution is 2.36. The molecule has 0 unspecified atom stereocenters. The maximum atomic E-state index is 6.10. The highest BCUT2D eigenvalue weighted by atomic mass is 35.5. The summed E-state index contributed by atoms with van der Waals surface area (Å²) in [5.41, 5.74) is 1.22. The Kier molecular flexibility index (Phi) is 3.99. The van der Waals surface area contributed by atoms with Crippen molar-refractivity contribution in [2.24, 2.45) is 0 Å². The van der Waals surface area contributed by atoms with Gasteiger partial charge in [0.15, 0.2) is 0 Å². The van der Waals surface area contributed by atoms with E-state index >= 15 is 0 Å². The Morgan fingerprint density at radius 2 is 1.91 bits per heavy atom. The van der Waals surface area contributed by atoms with Crippen molar-refractivity contribution in [3.8, 4) is 0 Å². The Balaban J connectivity index is 1.38. The predicted molar refractivity (Wildman–Crippen MR) is 92.0 cm³/mol. The molecule has 2 fully saturated rings. The van der Waals surface area contributed by atoms with Crippen LogP contribution in [0.5, 0.6) is 0 Å². The lowest BCUT2D eigenvalue weighted by Crippen LogP contribution is -2.46. The van der Waals surface area contributed by atoms with Gasteiger partial charge in [0.05, 0.1) is 6.54 Å². The SMILES string of the molecule is Cc1nnc(CN2CCN(c3cccc(Cl)c3)CC2)n1C1CC1. The highest BCUT2D eigenvalue weighted by molar-refractivity contribution is 6.30. The Morgan fingerprint density at radius 3 is 2.61 bits per heavy atom. The fourth-order valence-electron chi connectivity index (χ4n) is 3.37. The maximum absolute atomic E-state index is 6.10. The van der Waals surface area contributed by atoms with Gasteiger partial charge < -0.3 is 9.47 Å². The van der Waals surface area contributed by atoms with Gasteiger partial charge in [-0.2, -0.15) is 0 Å². The fourth-order valence-corrected chi connectivity index (χ4v) is 3.55. The van der Waals surface area contributed by atoms with Gasteiger partial charge in [-0.25, -0.2) is 0 Å².